The van der Waals surface area contributed by atoms with Crippen LogP contribution in [0.3, 0.4) is 0 Å². The lowest BCUT2D eigenvalue weighted by Gasteiger charge is -2.01. The number of aryl methyl sites for hydroxylation is 1. The van der Waals surface area contributed by atoms with Crippen molar-refractivity contribution >= 4 is 11.6 Å². The third-order valence-corrected chi connectivity index (χ3v) is 2.21. The van der Waals surface area contributed by atoms with Crippen LogP contribution < -0.4 is 11.1 Å². The number of nitrogens with two attached hydrogens (primary N) is 1. The topological polar surface area (TPSA) is 112 Å². The third-order valence-electron chi connectivity index (χ3n) is 2.21. The standard InChI is InChI=1S/C9H12N6O/c1-5-7(10)8(15-13-5)9(16)11-4-6-2-3-12-14-6/h2-3H,4,10H2,1H3,(H,11,16)(H,12,14)(H,13,15). The highest BCUT2D eigenvalue weighted by Gasteiger charge is 2.14. The molecule has 0 aliphatic heterocycles. The Kier molecular flexibility index (Phi) is 2.59. The fourth-order valence-corrected chi connectivity index (χ4v) is 1.25. The summed E-state index contributed by atoms with van der Waals surface area (Å²) < 4.78 is 0. The number of nitrogen functional groups attached to an aromatic ring is 1. The van der Waals surface area contributed by atoms with Gasteiger partial charge in [0.05, 0.1) is 23.6 Å². The van der Waals surface area contributed by atoms with Gasteiger partial charge < -0.3 is 11.1 Å². The molecule has 0 saturated heterocycles. The number of nitrogens with one attached hydrogen (secondary N) is 3. The maximum absolute atomic E-state index is 11.7. The summed E-state index contributed by atoms with van der Waals surface area (Å²) in [5.74, 6) is -0.309. The molecule has 16 heavy (non-hydrogen) atoms. The van der Waals surface area contributed by atoms with E-state index in [-0.39, 0.29) is 11.6 Å². The van der Waals surface area contributed by atoms with Crippen LogP contribution in [0.25, 0.3) is 0 Å². The van der Waals surface area contributed by atoms with E-state index < -0.39 is 0 Å². The molecule has 84 valence electrons. The van der Waals surface area contributed by atoms with E-state index in [9.17, 15) is 4.79 Å². The maximum Gasteiger partial charge on any atom is 0.274 e. The quantitative estimate of drug-likeness (QED) is 0.581. The van der Waals surface area contributed by atoms with Crippen molar-refractivity contribution in [2.45, 2.75) is 13.5 Å². The van der Waals surface area contributed by atoms with E-state index in [1.54, 1.807) is 19.2 Å². The van der Waals surface area contributed by atoms with Crippen LogP contribution in [0, 0.1) is 6.92 Å². The van der Waals surface area contributed by atoms with Crippen molar-refractivity contribution in [3.8, 4) is 0 Å². The molecule has 2 aromatic heterocycles. The molecule has 0 radical (unpaired) electrons. The van der Waals surface area contributed by atoms with Crippen molar-refractivity contribution < 1.29 is 4.79 Å². The highest BCUT2D eigenvalue weighted by atomic mass is 16.1. The Morgan fingerprint density at radius 1 is 1.56 bits per heavy atom. The van der Waals surface area contributed by atoms with Crippen molar-refractivity contribution in [2.75, 3.05) is 5.73 Å². The van der Waals surface area contributed by atoms with Crippen LogP contribution in [-0.4, -0.2) is 26.3 Å². The highest BCUT2D eigenvalue weighted by molar-refractivity contribution is 5.97. The average Bonchev–Trinajstić information content (AvgIpc) is 2.88. The monoisotopic (exact) mass is 220 g/mol. The van der Waals surface area contributed by atoms with Gasteiger partial charge in [-0.15, -0.1) is 0 Å². The molecule has 0 saturated carbocycles. The number of aromatic amines is 2. The van der Waals surface area contributed by atoms with Crippen LogP contribution in [0.15, 0.2) is 12.3 Å². The molecule has 0 spiro atoms. The summed E-state index contributed by atoms with van der Waals surface area (Å²) in [6, 6.07) is 1.78. The van der Waals surface area contributed by atoms with Crippen LogP contribution in [0.1, 0.15) is 21.9 Å². The summed E-state index contributed by atoms with van der Waals surface area (Å²) in [6.07, 6.45) is 1.62. The lowest BCUT2D eigenvalue weighted by atomic mass is 10.3. The number of amides is 1. The number of rotatable bonds is 3. The normalized spacial score (nSPS) is 10.3. The summed E-state index contributed by atoms with van der Waals surface area (Å²) in [5, 5.41) is 15.7. The maximum atomic E-state index is 11.7. The van der Waals surface area contributed by atoms with Gasteiger partial charge in [0.25, 0.3) is 5.91 Å². The first-order valence-electron chi connectivity index (χ1n) is 4.75. The van der Waals surface area contributed by atoms with E-state index in [1.165, 1.54) is 0 Å². The van der Waals surface area contributed by atoms with Gasteiger partial charge in [-0.2, -0.15) is 10.2 Å². The van der Waals surface area contributed by atoms with Gasteiger partial charge in [-0.05, 0) is 13.0 Å². The molecule has 2 heterocycles. The zero-order valence-corrected chi connectivity index (χ0v) is 8.74. The van der Waals surface area contributed by atoms with Gasteiger partial charge in [0.1, 0.15) is 0 Å². The van der Waals surface area contributed by atoms with Crippen LogP contribution in [0.4, 0.5) is 5.69 Å². The Bertz CT molecular complexity index is 486. The number of aromatic nitrogens is 4. The molecule has 1 amide bonds. The summed E-state index contributed by atoms with van der Waals surface area (Å²) in [7, 11) is 0. The van der Waals surface area contributed by atoms with Crippen molar-refractivity contribution in [3.63, 3.8) is 0 Å². The van der Waals surface area contributed by atoms with Gasteiger partial charge >= 0.3 is 0 Å². The Balaban J connectivity index is 2.01. The van der Waals surface area contributed by atoms with E-state index in [2.05, 4.69) is 25.7 Å². The minimum absolute atomic E-state index is 0.219. The first-order chi connectivity index (χ1) is 7.68. The van der Waals surface area contributed by atoms with E-state index in [0.717, 1.165) is 5.69 Å². The molecule has 0 atom stereocenters. The van der Waals surface area contributed by atoms with Gasteiger partial charge in [-0.1, -0.05) is 0 Å². The van der Waals surface area contributed by atoms with Crippen LogP contribution >= 0.6 is 0 Å². The van der Waals surface area contributed by atoms with Gasteiger partial charge in [-0.3, -0.25) is 15.0 Å². The lowest BCUT2D eigenvalue weighted by molar-refractivity contribution is 0.0946. The molecule has 0 aromatic carbocycles. The zero-order chi connectivity index (χ0) is 11.5. The third kappa shape index (κ3) is 1.88. The summed E-state index contributed by atoms with van der Waals surface area (Å²) in [4.78, 5) is 11.7. The fourth-order valence-electron chi connectivity index (χ4n) is 1.25. The predicted molar refractivity (Wildman–Crippen MR) is 57.5 cm³/mol. The molecule has 2 rings (SSSR count). The largest absolute Gasteiger partial charge is 0.395 e. The molecule has 7 nitrogen and oxygen atoms in total. The van der Waals surface area contributed by atoms with Gasteiger partial charge in [0.15, 0.2) is 5.69 Å². The first-order valence-corrected chi connectivity index (χ1v) is 4.75. The minimum atomic E-state index is -0.309. The number of carbonyl (C=O) groups excluding carboxylic acids is 1. The summed E-state index contributed by atoms with van der Waals surface area (Å²) in [5.41, 5.74) is 7.78. The number of H-pyrrole nitrogens is 2. The van der Waals surface area contributed by atoms with Gasteiger partial charge in [-0.25, -0.2) is 0 Å². The van der Waals surface area contributed by atoms with Crippen molar-refractivity contribution in [3.05, 3.63) is 29.3 Å². The van der Waals surface area contributed by atoms with E-state index >= 15 is 0 Å². The number of carbonyl (C=O) groups is 1. The number of nitrogens with zero attached hydrogens (tertiary/aromatic N) is 2. The van der Waals surface area contributed by atoms with Crippen LogP contribution in [-0.2, 0) is 6.54 Å². The second kappa shape index (κ2) is 4.05. The van der Waals surface area contributed by atoms with Gasteiger partial charge in [0.2, 0.25) is 0 Å². The number of hydrogen-bond donors (Lipinski definition) is 4. The molecule has 0 bridgehead atoms. The Morgan fingerprint density at radius 2 is 2.38 bits per heavy atom. The van der Waals surface area contributed by atoms with E-state index in [0.29, 0.717) is 17.9 Å². The predicted octanol–water partition coefficient (Wildman–Crippen LogP) is -0.0466. The van der Waals surface area contributed by atoms with Crippen molar-refractivity contribution in [2.24, 2.45) is 0 Å². The van der Waals surface area contributed by atoms with Crippen molar-refractivity contribution in [1.29, 1.82) is 0 Å². The average molecular weight is 220 g/mol. The Morgan fingerprint density at radius 3 is 2.94 bits per heavy atom. The fraction of sp³-hybridized carbons (Fsp3) is 0.222. The van der Waals surface area contributed by atoms with Crippen LogP contribution in [0.2, 0.25) is 0 Å². The van der Waals surface area contributed by atoms with Crippen LogP contribution in [0.5, 0.6) is 0 Å². The van der Waals surface area contributed by atoms with E-state index in [1.807, 2.05) is 0 Å². The summed E-state index contributed by atoms with van der Waals surface area (Å²) >= 11 is 0. The SMILES string of the molecule is Cc1[nH]nc(C(=O)NCc2ccn[nH]2)c1N. The minimum Gasteiger partial charge on any atom is -0.395 e. The molecule has 7 heteroatoms. The lowest BCUT2D eigenvalue weighted by Crippen LogP contribution is -2.24. The molecule has 0 fully saturated rings. The van der Waals surface area contributed by atoms with Crippen molar-refractivity contribution in [1.82, 2.24) is 25.7 Å². The number of hydrogen-bond acceptors (Lipinski definition) is 4. The molecule has 2 aromatic rings. The highest BCUT2D eigenvalue weighted by Crippen LogP contribution is 2.11. The second-order valence-corrected chi connectivity index (χ2v) is 3.38. The molecule has 0 unspecified atom stereocenters. The van der Waals surface area contributed by atoms with E-state index in [4.69, 9.17) is 5.73 Å². The molecule has 0 aliphatic rings. The van der Waals surface area contributed by atoms with Gasteiger partial charge in [0, 0.05) is 6.20 Å². The number of anilines is 1. The molecular weight excluding hydrogens is 208 g/mol. The molecule has 0 aliphatic carbocycles. The smallest absolute Gasteiger partial charge is 0.274 e. The Hall–Kier alpha value is -2.31. The summed E-state index contributed by atoms with van der Waals surface area (Å²) in [6.45, 7) is 2.12. The first kappa shape index (κ1) is 10.2. The molecule has 5 N–H and O–H groups in total. The second-order valence-electron chi connectivity index (χ2n) is 3.38. The Labute approximate surface area is 91.4 Å². The zero-order valence-electron chi connectivity index (χ0n) is 8.74. The molecular formula is C9H12N6O.